The number of rotatable bonds is 1. The van der Waals surface area contributed by atoms with E-state index in [4.69, 9.17) is 9.84 Å². The molecule has 0 spiro atoms. The summed E-state index contributed by atoms with van der Waals surface area (Å²) in [5, 5.41) is 9.14. The molecule has 1 N–H and O–H groups in total. The van der Waals surface area contributed by atoms with Crippen LogP contribution in [0.15, 0.2) is 12.2 Å². The summed E-state index contributed by atoms with van der Waals surface area (Å²) < 4.78 is 5.18. The molecular formula is C8H14O2. The molecule has 0 saturated carbocycles. The van der Waals surface area contributed by atoms with Gasteiger partial charge in [0.15, 0.2) is 6.29 Å². The third kappa shape index (κ3) is 1.58. The minimum Gasteiger partial charge on any atom is -0.368 e. The highest BCUT2D eigenvalue weighted by atomic mass is 16.6. The molecule has 1 unspecified atom stereocenters. The number of aliphatic hydroxyl groups excluding tert-OH is 1. The van der Waals surface area contributed by atoms with Gasteiger partial charge in [-0.25, -0.2) is 0 Å². The number of hydrogen-bond acceptors (Lipinski definition) is 2. The summed E-state index contributed by atoms with van der Waals surface area (Å²) in [5.74, 6) is 0.279. The fourth-order valence-corrected chi connectivity index (χ4v) is 1.19. The van der Waals surface area contributed by atoms with Gasteiger partial charge in [-0.2, -0.15) is 0 Å². The van der Waals surface area contributed by atoms with Crippen molar-refractivity contribution in [2.24, 2.45) is 5.92 Å². The predicted molar refractivity (Wildman–Crippen MR) is 39.5 cm³/mol. The van der Waals surface area contributed by atoms with Crippen LogP contribution >= 0.6 is 0 Å². The van der Waals surface area contributed by atoms with Crippen molar-refractivity contribution < 1.29 is 9.84 Å². The van der Waals surface area contributed by atoms with Gasteiger partial charge in [0, 0.05) is 5.92 Å². The van der Waals surface area contributed by atoms with Crippen LogP contribution in [0.4, 0.5) is 0 Å². The zero-order chi connectivity index (χ0) is 7.56. The third-order valence-corrected chi connectivity index (χ3v) is 1.81. The van der Waals surface area contributed by atoms with Crippen molar-refractivity contribution in [1.29, 1.82) is 0 Å². The maximum absolute atomic E-state index is 9.14. The summed E-state index contributed by atoms with van der Waals surface area (Å²) >= 11 is 0. The van der Waals surface area contributed by atoms with Crippen molar-refractivity contribution in [2.45, 2.75) is 32.7 Å². The Hall–Kier alpha value is -0.340. The zero-order valence-corrected chi connectivity index (χ0v) is 6.45. The van der Waals surface area contributed by atoms with Crippen LogP contribution in [0.1, 0.15) is 20.3 Å². The molecule has 1 aliphatic heterocycles. The van der Waals surface area contributed by atoms with E-state index in [1.807, 2.05) is 26.0 Å². The van der Waals surface area contributed by atoms with Crippen LogP contribution in [0.2, 0.25) is 0 Å². The van der Waals surface area contributed by atoms with Crippen molar-refractivity contribution in [3.8, 4) is 0 Å². The molecule has 0 radical (unpaired) electrons. The minimum absolute atomic E-state index is 0.134. The third-order valence-electron chi connectivity index (χ3n) is 1.81. The van der Waals surface area contributed by atoms with Crippen LogP contribution in [0.25, 0.3) is 0 Å². The molecule has 0 amide bonds. The Labute approximate surface area is 61.5 Å². The number of allylic oxidation sites excluding steroid dienone is 1. The van der Waals surface area contributed by atoms with Crippen LogP contribution in [0, 0.1) is 5.92 Å². The van der Waals surface area contributed by atoms with Crippen LogP contribution < -0.4 is 0 Å². The lowest BCUT2D eigenvalue weighted by Crippen LogP contribution is -2.11. The molecule has 0 aliphatic carbocycles. The van der Waals surface area contributed by atoms with E-state index in [0.717, 1.165) is 6.42 Å². The monoisotopic (exact) mass is 142 g/mol. The topological polar surface area (TPSA) is 29.5 Å². The first kappa shape index (κ1) is 7.76. The van der Waals surface area contributed by atoms with Crippen molar-refractivity contribution in [3.63, 3.8) is 0 Å². The molecule has 0 aromatic rings. The normalized spacial score (nSPS) is 41.3. The van der Waals surface area contributed by atoms with Gasteiger partial charge in [-0.1, -0.05) is 19.1 Å². The molecule has 0 aromatic heterocycles. The molecule has 3 atom stereocenters. The fraction of sp³-hybridized carbons (Fsp3) is 0.750. The Morgan fingerprint density at radius 3 is 2.70 bits per heavy atom. The first-order valence-corrected chi connectivity index (χ1v) is 3.70. The van der Waals surface area contributed by atoms with Gasteiger partial charge in [-0.05, 0) is 13.3 Å². The number of hydrogen-bond donors (Lipinski definition) is 1. The molecule has 10 heavy (non-hydrogen) atoms. The van der Waals surface area contributed by atoms with Gasteiger partial charge in [-0.3, -0.25) is 0 Å². The molecule has 1 saturated heterocycles. The summed E-state index contributed by atoms with van der Waals surface area (Å²) in [6.45, 7) is 3.95. The molecule has 0 bridgehead atoms. The molecule has 2 nitrogen and oxygen atoms in total. The van der Waals surface area contributed by atoms with Gasteiger partial charge < -0.3 is 9.84 Å². The molecule has 1 heterocycles. The van der Waals surface area contributed by atoms with Gasteiger partial charge in [-0.15, -0.1) is 0 Å². The van der Waals surface area contributed by atoms with E-state index in [1.165, 1.54) is 0 Å². The SMILES string of the molecule is C/C=C/[C@H]1C[C@H](C)C(O)O1. The molecule has 1 aliphatic rings. The molecular weight excluding hydrogens is 128 g/mol. The van der Waals surface area contributed by atoms with E-state index in [1.54, 1.807) is 0 Å². The number of ether oxygens (including phenoxy) is 1. The lowest BCUT2D eigenvalue weighted by molar-refractivity contribution is -0.0945. The van der Waals surface area contributed by atoms with Crippen LogP contribution in [0.3, 0.4) is 0 Å². The Morgan fingerprint density at radius 1 is 1.60 bits per heavy atom. The lowest BCUT2D eigenvalue weighted by atomic mass is 10.1. The van der Waals surface area contributed by atoms with E-state index in [9.17, 15) is 0 Å². The first-order valence-electron chi connectivity index (χ1n) is 3.70. The summed E-state index contributed by atoms with van der Waals surface area (Å²) in [6, 6.07) is 0. The number of aliphatic hydroxyl groups is 1. The van der Waals surface area contributed by atoms with Gasteiger partial charge in [0.25, 0.3) is 0 Å². The molecule has 0 aromatic carbocycles. The van der Waals surface area contributed by atoms with Gasteiger partial charge in [0.05, 0.1) is 6.10 Å². The Balaban J connectivity index is 2.41. The zero-order valence-electron chi connectivity index (χ0n) is 6.45. The van der Waals surface area contributed by atoms with E-state index in [-0.39, 0.29) is 12.0 Å². The Kier molecular flexibility index (Phi) is 2.46. The van der Waals surface area contributed by atoms with E-state index >= 15 is 0 Å². The minimum atomic E-state index is -0.554. The second-order valence-corrected chi connectivity index (χ2v) is 2.80. The Morgan fingerprint density at radius 2 is 2.30 bits per heavy atom. The average Bonchev–Trinajstić information content (AvgIpc) is 2.14. The summed E-state index contributed by atoms with van der Waals surface area (Å²) in [4.78, 5) is 0. The molecule has 2 heteroatoms. The van der Waals surface area contributed by atoms with Crippen LogP contribution in [-0.4, -0.2) is 17.5 Å². The highest BCUT2D eigenvalue weighted by Gasteiger charge is 2.28. The van der Waals surface area contributed by atoms with Crippen molar-refractivity contribution >= 4 is 0 Å². The van der Waals surface area contributed by atoms with Gasteiger partial charge in [0.2, 0.25) is 0 Å². The molecule has 58 valence electrons. The molecule has 1 fully saturated rings. The van der Waals surface area contributed by atoms with Crippen LogP contribution in [-0.2, 0) is 4.74 Å². The van der Waals surface area contributed by atoms with E-state index in [2.05, 4.69) is 0 Å². The van der Waals surface area contributed by atoms with E-state index < -0.39 is 6.29 Å². The average molecular weight is 142 g/mol. The maximum atomic E-state index is 9.14. The highest BCUT2D eigenvalue weighted by molar-refractivity contribution is 4.91. The fourth-order valence-electron chi connectivity index (χ4n) is 1.19. The maximum Gasteiger partial charge on any atom is 0.157 e. The summed E-state index contributed by atoms with van der Waals surface area (Å²) in [6.07, 6.45) is 4.45. The second-order valence-electron chi connectivity index (χ2n) is 2.80. The Bertz CT molecular complexity index is 121. The highest BCUT2D eigenvalue weighted by Crippen LogP contribution is 2.24. The summed E-state index contributed by atoms with van der Waals surface area (Å²) in [7, 11) is 0. The molecule has 1 rings (SSSR count). The van der Waals surface area contributed by atoms with Crippen LogP contribution in [0.5, 0.6) is 0 Å². The lowest BCUT2D eigenvalue weighted by Gasteiger charge is -2.04. The quantitative estimate of drug-likeness (QED) is 0.559. The van der Waals surface area contributed by atoms with E-state index in [0.29, 0.717) is 0 Å². The van der Waals surface area contributed by atoms with Crippen molar-refractivity contribution in [1.82, 2.24) is 0 Å². The van der Waals surface area contributed by atoms with Crippen molar-refractivity contribution in [2.75, 3.05) is 0 Å². The van der Waals surface area contributed by atoms with Gasteiger partial charge in [0.1, 0.15) is 0 Å². The predicted octanol–water partition coefficient (Wildman–Crippen LogP) is 1.31. The van der Waals surface area contributed by atoms with Crippen molar-refractivity contribution in [3.05, 3.63) is 12.2 Å². The second kappa shape index (κ2) is 3.17. The first-order chi connectivity index (χ1) is 4.74. The standard InChI is InChI=1S/C8H14O2/c1-3-4-7-5-6(2)8(9)10-7/h3-4,6-9H,5H2,1-2H3/b4-3+/t6-,7-,8?/m0/s1. The smallest absolute Gasteiger partial charge is 0.157 e. The largest absolute Gasteiger partial charge is 0.368 e. The summed E-state index contributed by atoms with van der Waals surface area (Å²) in [5.41, 5.74) is 0. The van der Waals surface area contributed by atoms with Gasteiger partial charge >= 0.3 is 0 Å².